The Balaban J connectivity index is 2.02. The highest BCUT2D eigenvalue weighted by Gasteiger charge is 2.70. The van der Waals surface area contributed by atoms with E-state index in [2.05, 4.69) is 0 Å². The molecule has 0 aliphatic carbocycles. The average Bonchev–Trinajstić information content (AvgIpc) is 3.35. The highest BCUT2D eigenvalue weighted by Crippen LogP contribution is 2.60. The summed E-state index contributed by atoms with van der Waals surface area (Å²) in [6.45, 7) is 4.37. The highest BCUT2D eigenvalue weighted by atomic mass is 16.6. The average molecular weight is 561 g/mol. The Labute approximate surface area is 238 Å². The first-order chi connectivity index (χ1) is 19.8. The molecule has 9 heteroatoms. The number of carbonyl (C=O) groups excluding carboxylic acids is 4. The summed E-state index contributed by atoms with van der Waals surface area (Å²) in [6, 6.07) is 21.9. The number of rotatable bonds is 10. The van der Waals surface area contributed by atoms with Gasteiger partial charge in [-0.15, -0.1) is 0 Å². The van der Waals surface area contributed by atoms with E-state index in [1.807, 2.05) is 6.07 Å². The summed E-state index contributed by atoms with van der Waals surface area (Å²) in [6.07, 6.45) is -2.36. The van der Waals surface area contributed by atoms with Gasteiger partial charge in [0.2, 0.25) is 5.41 Å². The Morgan fingerprint density at radius 1 is 0.780 bits per heavy atom. The molecule has 4 rings (SSSR count). The number of benzene rings is 3. The Kier molecular flexibility index (Phi) is 9.19. The smallest absolute Gasteiger partial charge is 0.327 e. The molecule has 1 aliphatic heterocycles. The number of Topliss-reactive ketones (excluding diaryl/α,β-unsaturated/α-hetero) is 1. The third-order valence-corrected chi connectivity index (χ3v) is 6.93. The normalized spacial score (nSPS) is 19.2. The van der Waals surface area contributed by atoms with E-state index in [4.69, 9.17) is 23.7 Å². The Hall–Kier alpha value is -4.50. The fourth-order valence-electron chi connectivity index (χ4n) is 5.25. The fourth-order valence-corrected chi connectivity index (χ4v) is 5.25. The number of hydrogen-bond acceptors (Lipinski definition) is 9. The summed E-state index contributed by atoms with van der Waals surface area (Å²) in [5, 5.41) is 0. The van der Waals surface area contributed by atoms with Gasteiger partial charge in [0.15, 0.2) is 17.3 Å². The number of methoxy groups -OCH3 is 1. The molecule has 0 bridgehead atoms. The second-order valence-electron chi connectivity index (χ2n) is 9.37. The first kappa shape index (κ1) is 29.5. The van der Waals surface area contributed by atoms with Crippen molar-refractivity contribution >= 4 is 23.7 Å². The van der Waals surface area contributed by atoms with Crippen LogP contribution in [0.15, 0.2) is 78.9 Å². The first-order valence-electron chi connectivity index (χ1n) is 13.3. The van der Waals surface area contributed by atoms with Gasteiger partial charge in [0.05, 0.1) is 32.3 Å². The van der Waals surface area contributed by atoms with Crippen molar-refractivity contribution in [3.63, 3.8) is 0 Å². The highest BCUT2D eigenvalue weighted by molar-refractivity contribution is 6.10. The summed E-state index contributed by atoms with van der Waals surface area (Å²) in [4.78, 5) is 54.2. The van der Waals surface area contributed by atoms with Crippen molar-refractivity contribution in [3.8, 4) is 11.5 Å². The summed E-state index contributed by atoms with van der Waals surface area (Å²) >= 11 is 0. The van der Waals surface area contributed by atoms with Crippen molar-refractivity contribution in [3.05, 3.63) is 95.6 Å². The minimum absolute atomic E-state index is 0.0519. The summed E-state index contributed by atoms with van der Waals surface area (Å²) in [5.41, 5.74) is -1.02. The predicted octanol–water partition coefficient (Wildman–Crippen LogP) is 5.04. The monoisotopic (exact) mass is 560 g/mol. The van der Waals surface area contributed by atoms with E-state index in [0.717, 1.165) is 0 Å². The molecule has 1 saturated heterocycles. The summed E-state index contributed by atoms with van der Waals surface area (Å²) in [7, 11) is 1.39. The molecule has 0 aromatic heterocycles. The second-order valence-corrected chi connectivity index (χ2v) is 9.37. The molecule has 0 amide bonds. The molecule has 0 radical (unpaired) electrons. The van der Waals surface area contributed by atoms with Gasteiger partial charge < -0.3 is 23.7 Å². The Bertz CT molecular complexity index is 1380. The quantitative estimate of drug-likeness (QED) is 0.145. The number of carbonyl (C=O) groups is 4. The summed E-state index contributed by atoms with van der Waals surface area (Å²) in [5.74, 6) is -3.98. The lowest BCUT2D eigenvalue weighted by Gasteiger charge is -2.34. The van der Waals surface area contributed by atoms with Crippen LogP contribution in [0.1, 0.15) is 54.5 Å². The zero-order valence-electron chi connectivity index (χ0n) is 23.3. The van der Waals surface area contributed by atoms with Crippen molar-refractivity contribution in [1.82, 2.24) is 0 Å². The van der Waals surface area contributed by atoms with E-state index < -0.39 is 47.2 Å². The van der Waals surface area contributed by atoms with Gasteiger partial charge in [0.1, 0.15) is 6.10 Å². The van der Waals surface area contributed by atoms with Crippen molar-refractivity contribution in [2.75, 3.05) is 20.3 Å². The molecule has 0 unspecified atom stereocenters. The minimum atomic E-state index is -2.23. The molecule has 3 atom stereocenters. The molecule has 214 valence electrons. The van der Waals surface area contributed by atoms with Crippen molar-refractivity contribution in [2.45, 2.75) is 33.0 Å². The molecule has 9 nitrogen and oxygen atoms in total. The van der Waals surface area contributed by atoms with Crippen LogP contribution in [-0.2, 0) is 28.6 Å². The molecule has 3 aromatic carbocycles. The first-order valence-corrected chi connectivity index (χ1v) is 13.3. The largest absolute Gasteiger partial charge is 0.493 e. The van der Waals surface area contributed by atoms with Crippen molar-refractivity contribution in [1.29, 1.82) is 0 Å². The van der Waals surface area contributed by atoms with Crippen LogP contribution in [-0.4, -0.2) is 44.0 Å². The van der Waals surface area contributed by atoms with Crippen LogP contribution >= 0.6 is 0 Å². The van der Waals surface area contributed by atoms with Gasteiger partial charge in [0.25, 0.3) is 0 Å². The van der Waals surface area contributed by atoms with Gasteiger partial charge in [-0.25, -0.2) is 0 Å². The predicted molar refractivity (Wildman–Crippen MR) is 147 cm³/mol. The molecule has 3 aromatic rings. The number of ether oxygens (including phenoxy) is 5. The van der Waals surface area contributed by atoms with Crippen molar-refractivity contribution < 1.29 is 42.9 Å². The molecule has 1 heterocycles. The Morgan fingerprint density at radius 3 is 1.90 bits per heavy atom. The van der Waals surface area contributed by atoms with Crippen LogP contribution in [0.25, 0.3) is 0 Å². The molecule has 41 heavy (non-hydrogen) atoms. The number of hydrogen-bond donors (Lipinski definition) is 0. The van der Waals surface area contributed by atoms with E-state index in [1.54, 1.807) is 74.5 Å². The van der Waals surface area contributed by atoms with Gasteiger partial charge in [-0.3, -0.25) is 19.2 Å². The van der Waals surface area contributed by atoms with Crippen LogP contribution in [0.4, 0.5) is 0 Å². The van der Waals surface area contributed by atoms with Crippen LogP contribution in [0.5, 0.6) is 11.5 Å². The summed E-state index contributed by atoms with van der Waals surface area (Å²) < 4.78 is 28.3. The van der Waals surface area contributed by atoms with Gasteiger partial charge in [0, 0.05) is 12.5 Å². The zero-order chi connectivity index (χ0) is 29.6. The van der Waals surface area contributed by atoms with Crippen LogP contribution in [0, 0.1) is 11.3 Å². The van der Waals surface area contributed by atoms with E-state index in [-0.39, 0.29) is 24.7 Å². The molecule has 0 saturated carbocycles. The maximum atomic E-state index is 14.4. The topological polar surface area (TPSA) is 114 Å². The lowest BCUT2D eigenvalue weighted by atomic mass is 9.66. The van der Waals surface area contributed by atoms with Crippen molar-refractivity contribution in [2.24, 2.45) is 11.3 Å². The van der Waals surface area contributed by atoms with Gasteiger partial charge >= 0.3 is 17.9 Å². The lowest BCUT2D eigenvalue weighted by Crippen LogP contribution is -2.51. The molecular formula is C32H32O9. The van der Waals surface area contributed by atoms with E-state index in [1.165, 1.54) is 26.2 Å². The molecule has 0 spiro atoms. The lowest BCUT2D eigenvalue weighted by molar-refractivity contribution is -0.178. The fraction of sp³-hybridized carbons (Fsp3) is 0.312. The standard InChI is InChI=1S/C32H32O9/c1-5-38-30(35)32(31(36)39-6-2)26(27(34)21-13-9-7-10-14-21)28(22-15-11-8-12-16-22)41-29(32)23-17-18-24(40-20(3)33)25(19-23)37-4/h7-19,26,28-29H,5-6H2,1-4H3/t26-,28-,29+/m1/s1. The van der Waals surface area contributed by atoms with Crippen LogP contribution in [0.3, 0.4) is 0 Å². The van der Waals surface area contributed by atoms with E-state index >= 15 is 0 Å². The molecule has 1 fully saturated rings. The molecule has 1 aliphatic rings. The number of ketones is 1. The second kappa shape index (κ2) is 12.8. The third-order valence-electron chi connectivity index (χ3n) is 6.93. The van der Waals surface area contributed by atoms with Crippen LogP contribution < -0.4 is 9.47 Å². The zero-order valence-corrected chi connectivity index (χ0v) is 23.3. The molecule has 0 N–H and O–H groups in total. The van der Waals surface area contributed by atoms with E-state index in [0.29, 0.717) is 16.7 Å². The van der Waals surface area contributed by atoms with Gasteiger partial charge in [-0.2, -0.15) is 0 Å². The maximum absolute atomic E-state index is 14.4. The third kappa shape index (κ3) is 5.58. The SMILES string of the molecule is CCOC(=O)C1(C(=O)OCC)[C@H](C(=O)c2ccccc2)[C@@H](c2ccccc2)O[C@H]1c1ccc(OC(C)=O)c(OC)c1. The van der Waals surface area contributed by atoms with Crippen LogP contribution in [0.2, 0.25) is 0 Å². The van der Waals surface area contributed by atoms with Gasteiger partial charge in [-0.1, -0.05) is 66.7 Å². The molecular weight excluding hydrogens is 528 g/mol. The number of esters is 3. The van der Waals surface area contributed by atoms with Gasteiger partial charge in [-0.05, 0) is 37.1 Å². The van der Waals surface area contributed by atoms with E-state index in [9.17, 15) is 19.2 Å². The minimum Gasteiger partial charge on any atom is -0.493 e. The Morgan fingerprint density at radius 2 is 1.37 bits per heavy atom. The maximum Gasteiger partial charge on any atom is 0.327 e.